The maximum atomic E-state index is 12.2. The van der Waals surface area contributed by atoms with Crippen LogP contribution in [0.3, 0.4) is 0 Å². The van der Waals surface area contributed by atoms with Crippen LogP contribution in [0.5, 0.6) is 5.75 Å². The molecule has 5 nitrogen and oxygen atoms in total. The first-order valence-electron chi connectivity index (χ1n) is 7.78. The van der Waals surface area contributed by atoms with Crippen LogP contribution < -0.4 is 10.1 Å². The third kappa shape index (κ3) is 4.28. The van der Waals surface area contributed by atoms with Crippen molar-refractivity contribution in [2.24, 2.45) is 0 Å². The Morgan fingerprint density at radius 2 is 2.04 bits per heavy atom. The molecule has 7 heteroatoms. The SMILES string of the molecule is CC(=O)Oc1cc(Cl)ccc1-c1ccsc1CNC(=O)c1ccccn1. The number of hydrogen-bond acceptors (Lipinski definition) is 5. The normalized spacial score (nSPS) is 10.4. The Balaban J connectivity index is 1.83. The van der Waals surface area contributed by atoms with Crippen LogP contribution in [0.4, 0.5) is 0 Å². The number of carbonyl (C=O) groups is 2. The summed E-state index contributed by atoms with van der Waals surface area (Å²) in [6.07, 6.45) is 1.57. The molecule has 0 radical (unpaired) electrons. The lowest BCUT2D eigenvalue weighted by atomic mass is 10.1. The number of esters is 1. The van der Waals surface area contributed by atoms with E-state index in [0.29, 0.717) is 23.0 Å². The van der Waals surface area contributed by atoms with Gasteiger partial charge in [0.2, 0.25) is 0 Å². The van der Waals surface area contributed by atoms with Gasteiger partial charge in [-0.3, -0.25) is 14.6 Å². The highest BCUT2D eigenvalue weighted by molar-refractivity contribution is 7.10. The van der Waals surface area contributed by atoms with Crippen molar-refractivity contribution in [1.29, 1.82) is 0 Å². The fourth-order valence-corrected chi connectivity index (χ4v) is 3.41. The highest BCUT2D eigenvalue weighted by Gasteiger charge is 2.15. The molecule has 0 unspecified atom stereocenters. The van der Waals surface area contributed by atoms with Gasteiger partial charge in [-0.25, -0.2) is 0 Å². The van der Waals surface area contributed by atoms with Crippen LogP contribution in [-0.4, -0.2) is 16.9 Å². The smallest absolute Gasteiger partial charge is 0.308 e. The number of nitrogens with zero attached hydrogens (tertiary/aromatic N) is 1. The van der Waals surface area contributed by atoms with Gasteiger partial charge < -0.3 is 10.1 Å². The second kappa shape index (κ2) is 8.12. The Bertz CT molecular complexity index is 941. The van der Waals surface area contributed by atoms with Gasteiger partial charge in [0.05, 0.1) is 6.54 Å². The number of hydrogen-bond donors (Lipinski definition) is 1. The lowest BCUT2D eigenvalue weighted by Gasteiger charge is -2.11. The highest BCUT2D eigenvalue weighted by Crippen LogP contribution is 2.37. The Morgan fingerprint density at radius 3 is 2.77 bits per heavy atom. The average molecular weight is 387 g/mol. The summed E-state index contributed by atoms with van der Waals surface area (Å²) in [6.45, 7) is 1.68. The predicted octanol–water partition coefficient (Wildman–Crippen LogP) is 4.32. The predicted molar refractivity (Wildman–Crippen MR) is 101 cm³/mol. The summed E-state index contributed by atoms with van der Waals surface area (Å²) in [5, 5.41) is 5.26. The van der Waals surface area contributed by atoms with Crippen molar-refractivity contribution >= 4 is 34.8 Å². The molecule has 0 aliphatic carbocycles. The van der Waals surface area contributed by atoms with E-state index < -0.39 is 5.97 Å². The minimum Gasteiger partial charge on any atom is -0.426 e. The number of amides is 1. The number of aromatic nitrogens is 1. The second-order valence-electron chi connectivity index (χ2n) is 5.39. The summed E-state index contributed by atoms with van der Waals surface area (Å²) in [7, 11) is 0. The molecule has 0 atom stereocenters. The monoisotopic (exact) mass is 386 g/mol. The van der Waals surface area contributed by atoms with Gasteiger partial charge in [-0.2, -0.15) is 0 Å². The average Bonchev–Trinajstić information content (AvgIpc) is 3.08. The molecule has 0 aliphatic heterocycles. The van der Waals surface area contributed by atoms with Crippen molar-refractivity contribution in [3.05, 3.63) is 69.6 Å². The molecule has 0 bridgehead atoms. The van der Waals surface area contributed by atoms with E-state index in [-0.39, 0.29) is 5.91 Å². The molecule has 3 aromatic rings. The molecule has 3 rings (SSSR count). The van der Waals surface area contributed by atoms with Gasteiger partial charge in [0, 0.05) is 40.2 Å². The van der Waals surface area contributed by atoms with Gasteiger partial charge in [0.1, 0.15) is 11.4 Å². The van der Waals surface area contributed by atoms with Gasteiger partial charge >= 0.3 is 5.97 Å². The van der Waals surface area contributed by atoms with Crippen molar-refractivity contribution < 1.29 is 14.3 Å². The van der Waals surface area contributed by atoms with E-state index in [1.54, 1.807) is 42.6 Å². The molecule has 0 fully saturated rings. The fraction of sp³-hybridized carbons (Fsp3) is 0.105. The van der Waals surface area contributed by atoms with Gasteiger partial charge in [-0.05, 0) is 35.7 Å². The van der Waals surface area contributed by atoms with Gasteiger partial charge in [-0.1, -0.05) is 17.7 Å². The van der Waals surface area contributed by atoms with E-state index in [2.05, 4.69) is 10.3 Å². The van der Waals surface area contributed by atoms with Crippen LogP contribution in [0.15, 0.2) is 54.0 Å². The number of benzene rings is 1. The number of ether oxygens (including phenoxy) is 1. The summed E-state index contributed by atoms with van der Waals surface area (Å²) >= 11 is 7.52. The number of carbonyl (C=O) groups excluding carboxylic acids is 2. The van der Waals surface area contributed by atoms with Gasteiger partial charge in [0.25, 0.3) is 5.91 Å². The number of pyridine rings is 1. The molecule has 0 spiro atoms. The second-order valence-corrected chi connectivity index (χ2v) is 6.83. The third-order valence-electron chi connectivity index (χ3n) is 3.54. The minimum absolute atomic E-state index is 0.249. The van der Waals surface area contributed by atoms with Crippen molar-refractivity contribution in [1.82, 2.24) is 10.3 Å². The zero-order valence-electron chi connectivity index (χ0n) is 13.9. The summed E-state index contributed by atoms with van der Waals surface area (Å²) in [5.41, 5.74) is 1.98. The number of rotatable bonds is 5. The third-order valence-corrected chi connectivity index (χ3v) is 4.70. The molecule has 2 aromatic heterocycles. The molecule has 0 aliphatic rings. The van der Waals surface area contributed by atoms with E-state index in [1.165, 1.54) is 18.3 Å². The summed E-state index contributed by atoms with van der Waals surface area (Å²) in [4.78, 5) is 28.5. The first-order chi connectivity index (χ1) is 12.5. The van der Waals surface area contributed by atoms with Gasteiger partial charge in [-0.15, -0.1) is 11.3 Å². The maximum absolute atomic E-state index is 12.2. The lowest BCUT2D eigenvalue weighted by Crippen LogP contribution is -2.23. The number of nitrogens with one attached hydrogen (secondary N) is 1. The minimum atomic E-state index is -0.422. The summed E-state index contributed by atoms with van der Waals surface area (Å²) in [5.74, 6) is -0.282. The summed E-state index contributed by atoms with van der Waals surface area (Å²) < 4.78 is 5.28. The van der Waals surface area contributed by atoms with Crippen molar-refractivity contribution in [3.8, 4) is 16.9 Å². The maximum Gasteiger partial charge on any atom is 0.308 e. The Kier molecular flexibility index (Phi) is 5.65. The fourth-order valence-electron chi connectivity index (χ4n) is 2.42. The molecule has 1 aromatic carbocycles. The molecule has 0 saturated carbocycles. The molecule has 132 valence electrons. The van der Waals surface area contributed by atoms with E-state index in [4.69, 9.17) is 16.3 Å². The van der Waals surface area contributed by atoms with Crippen molar-refractivity contribution in [3.63, 3.8) is 0 Å². The molecular formula is C19H15ClN2O3S. The van der Waals surface area contributed by atoms with Crippen LogP contribution in [0.25, 0.3) is 11.1 Å². The zero-order chi connectivity index (χ0) is 18.5. The van der Waals surface area contributed by atoms with E-state index >= 15 is 0 Å². The Hall–Kier alpha value is -2.70. The van der Waals surface area contributed by atoms with E-state index in [9.17, 15) is 9.59 Å². The zero-order valence-corrected chi connectivity index (χ0v) is 15.4. The Labute approximate surface area is 159 Å². The van der Waals surface area contributed by atoms with Crippen molar-refractivity contribution in [2.75, 3.05) is 0 Å². The summed E-state index contributed by atoms with van der Waals surface area (Å²) in [6, 6.07) is 12.2. The Morgan fingerprint density at radius 1 is 1.19 bits per heavy atom. The standard InChI is InChI=1S/C19H15ClN2O3S/c1-12(23)25-17-10-13(20)5-6-14(17)15-7-9-26-18(15)11-22-19(24)16-4-2-3-8-21-16/h2-10H,11H2,1H3,(H,22,24). The van der Waals surface area contributed by atoms with E-state index in [1.807, 2.05) is 11.4 Å². The van der Waals surface area contributed by atoms with Crippen LogP contribution in [0, 0.1) is 0 Å². The van der Waals surface area contributed by atoms with Crippen LogP contribution in [0.1, 0.15) is 22.3 Å². The molecule has 0 saturated heterocycles. The van der Waals surface area contributed by atoms with Crippen LogP contribution >= 0.6 is 22.9 Å². The van der Waals surface area contributed by atoms with E-state index in [0.717, 1.165) is 16.0 Å². The molecule has 1 N–H and O–H groups in total. The first-order valence-corrected chi connectivity index (χ1v) is 9.04. The number of thiophene rings is 1. The van der Waals surface area contributed by atoms with Gasteiger partial charge in [0.15, 0.2) is 0 Å². The number of halogens is 1. The molecule has 2 heterocycles. The van der Waals surface area contributed by atoms with Crippen LogP contribution in [0.2, 0.25) is 5.02 Å². The lowest BCUT2D eigenvalue weighted by molar-refractivity contribution is -0.131. The van der Waals surface area contributed by atoms with Crippen LogP contribution in [-0.2, 0) is 11.3 Å². The van der Waals surface area contributed by atoms with Crippen molar-refractivity contribution in [2.45, 2.75) is 13.5 Å². The highest BCUT2D eigenvalue weighted by atomic mass is 35.5. The molecule has 1 amide bonds. The quantitative estimate of drug-likeness (QED) is 0.523. The largest absolute Gasteiger partial charge is 0.426 e. The molecule has 26 heavy (non-hydrogen) atoms. The molecular weight excluding hydrogens is 372 g/mol. The topological polar surface area (TPSA) is 68.3 Å². The first kappa shape index (κ1) is 18.1.